The molecule has 4 N–H and O–H groups in total. The summed E-state index contributed by atoms with van der Waals surface area (Å²) in [4.78, 5) is 10.1. The molecule has 1 saturated carbocycles. The second-order valence-electron chi connectivity index (χ2n) is 10.4. The van der Waals surface area contributed by atoms with E-state index in [-0.39, 0.29) is 0 Å². The molecule has 4 aromatic rings. The number of nitrogens with two attached hydrogens (primary N) is 1. The van der Waals surface area contributed by atoms with Crippen LogP contribution in [0.5, 0.6) is 0 Å². The Kier molecular flexibility index (Phi) is 9.34. The van der Waals surface area contributed by atoms with Crippen LogP contribution >= 0.6 is 11.9 Å². The van der Waals surface area contributed by atoms with Crippen molar-refractivity contribution in [3.63, 3.8) is 0 Å². The molecule has 39 heavy (non-hydrogen) atoms. The molecule has 0 spiro atoms. The Morgan fingerprint density at radius 2 is 1.95 bits per heavy atom. The maximum absolute atomic E-state index is 6.39. The van der Waals surface area contributed by atoms with Crippen LogP contribution in [0.15, 0.2) is 71.7 Å². The molecule has 8 nitrogen and oxygen atoms in total. The number of hydrogen-bond acceptors (Lipinski definition) is 7. The molecule has 0 saturated heterocycles. The monoisotopic (exact) mass is 544 g/mol. The first-order chi connectivity index (χ1) is 19.1. The lowest BCUT2D eigenvalue weighted by molar-refractivity contribution is 0.452. The Bertz CT molecular complexity index is 1380. The van der Waals surface area contributed by atoms with Gasteiger partial charge in [0.2, 0.25) is 0 Å². The number of hydrogen-bond donors (Lipinski definition) is 3. The number of rotatable bonds is 13. The van der Waals surface area contributed by atoms with Gasteiger partial charge < -0.3 is 20.9 Å². The van der Waals surface area contributed by atoms with Crippen molar-refractivity contribution in [3.8, 4) is 11.3 Å². The highest BCUT2D eigenvalue weighted by Crippen LogP contribution is 2.40. The minimum Gasteiger partial charge on any atom is -0.383 e. The van der Waals surface area contributed by atoms with E-state index in [9.17, 15) is 0 Å². The van der Waals surface area contributed by atoms with Gasteiger partial charge in [-0.15, -0.1) is 0 Å². The van der Waals surface area contributed by atoms with Gasteiger partial charge in [0.05, 0.1) is 11.1 Å². The first-order valence-corrected chi connectivity index (χ1v) is 14.8. The van der Waals surface area contributed by atoms with E-state index in [0.717, 1.165) is 79.0 Å². The van der Waals surface area contributed by atoms with E-state index in [4.69, 9.17) is 10.8 Å². The van der Waals surface area contributed by atoms with Crippen molar-refractivity contribution in [3.05, 3.63) is 66.8 Å². The number of allylic oxidation sites excluding steroid dienone is 1. The molecule has 0 radical (unpaired) electrons. The van der Waals surface area contributed by atoms with Crippen LogP contribution in [0.3, 0.4) is 0 Å². The van der Waals surface area contributed by atoms with Crippen LogP contribution in [0.1, 0.15) is 52.0 Å². The molecular formula is C30H40N8S. The summed E-state index contributed by atoms with van der Waals surface area (Å²) in [5, 5.41) is 13.0. The number of anilines is 1. The lowest BCUT2D eigenvalue weighted by Gasteiger charge is -2.15. The van der Waals surface area contributed by atoms with Crippen molar-refractivity contribution >= 4 is 28.8 Å². The Hall–Kier alpha value is -3.14. The standard InChI is InChI=1S/C30H40N8S/c1-3-22(2)12-16-32-14-7-15-33-19-23-10-11-24(18-23)37-20-26(28-29(31)34-21-35-30(28)37)27-13-17-38(36-27)39-25-8-5-4-6-9-25/h3-6,8-9,13,17,20-21,23-24,32-33H,7,10-12,14-16,18-19H2,1-2H3,(H2,31,34,35)/b22-3+. The average molecular weight is 545 g/mol. The Morgan fingerprint density at radius 1 is 1.10 bits per heavy atom. The number of fused-ring (bicyclic) bond motifs is 1. The van der Waals surface area contributed by atoms with Crippen molar-refractivity contribution in [2.45, 2.75) is 56.9 Å². The zero-order valence-electron chi connectivity index (χ0n) is 23.0. The van der Waals surface area contributed by atoms with Crippen molar-refractivity contribution in [2.24, 2.45) is 5.92 Å². The van der Waals surface area contributed by atoms with Gasteiger partial charge in [0, 0.05) is 40.8 Å². The average Bonchev–Trinajstić information content (AvgIpc) is 3.69. The first kappa shape index (κ1) is 27.4. The third-order valence-corrected chi connectivity index (χ3v) is 8.53. The fourth-order valence-corrected chi connectivity index (χ4v) is 6.10. The molecule has 1 aliphatic carbocycles. The van der Waals surface area contributed by atoms with Crippen molar-refractivity contribution < 1.29 is 0 Å². The summed E-state index contributed by atoms with van der Waals surface area (Å²) in [6.07, 6.45) is 13.7. The largest absolute Gasteiger partial charge is 0.383 e. The fourth-order valence-electron chi connectivity index (χ4n) is 5.36. The lowest BCUT2D eigenvalue weighted by atomic mass is 10.1. The zero-order chi connectivity index (χ0) is 27.0. The number of nitrogens with zero attached hydrogens (tertiary/aromatic N) is 5. The second kappa shape index (κ2) is 13.3. The van der Waals surface area contributed by atoms with E-state index < -0.39 is 0 Å². The van der Waals surface area contributed by atoms with Crippen LogP contribution < -0.4 is 16.4 Å². The second-order valence-corrected chi connectivity index (χ2v) is 11.5. The molecular weight excluding hydrogens is 504 g/mol. The highest BCUT2D eigenvalue weighted by molar-refractivity contribution is 7.97. The van der Waals surface area contributed by atoms with Gasteiger partial charge in [-0.05, 0) is 96.2 Å². The summed E-state index contributed by atoms with van der Waals surface area (Å²) in [6, 6.07) is 12.7. The zero-order valence-corrected chi connectivity index (χ0v) is 23.8. The van der Waals surface area contributed by atoms with Gasteiger partial charge in [-0.2, -0.15) is 5.10 Å². The number of benzene rings is 1. The molecule has 206 valence electrons. The van der Waals surface area contributed by atoms with Gasteiger partial charge in [-0.3, -0.25) is 0 Å². The third kappa shape index (κ3) is 6.90. The molecule has 1 fully saturated rings. The molecule has 0 aliphatic heterocycles. The van der Waals surface area contributed by atoms with Crippen LogP contribution in [0.2, 0.25) is 0 Å². The predicted octanol–water partition coefficient (Wildman–Crippen LogP) is 5.70. The molecule has 5 rings (SSSR count). The molecule has 2 atom stereocenters. The maximum atomic E-state index is 6.39. The third-order valence-electron chi connectivity index (χ3n) is 7.66. The van der Waals surface area contributed by atoms with Crippen LogP contribution in [-0.4, -0.2) is 49.9 Å². The van der Waals surface area contributed by atoms with Gasteiger partial charge in [0.15, 0.2) is 0 Å². The van der Waals surface area contributed by atoms with E-state index in [2.05, 4.69) is 63.4 Å². The Labute approximate surface area is 235 Å². The number of aromatic nitrogens is 5. The van der Waals surface area contributed by atoms with Gasteiger partial charge in [0.1, 0.15) is 17.8 Å². The van der Waals surface area contributed by atoms with Crippen molar-refractivity contribution in [1.29, 1.82) is 0 Å². The molecule has 9 heteroatoms. The minimum absolute atomic E-state index is 0.402. The van der Waals surface area contributed by atoms with Crippen molar-refractivity contribution in [1.82, 2.24) is 34.4 Å². The highest BCUT2D eigenvalue weighted by atomic mass is 32.2. The maximum Gasteiger partial charge on any atom is 0.146 e. The van der Waals surface area contributed by atoms with Gasteiger partial charge in [-0.25, -0.2) is 14.1 Å². The topological polar surface area (TPSA) is 98.6 Å². The van der Waals surface area contributed by atoms with E-state index in [1.54, 1.807) is 18.3 Å². The molecule has 3 aromatic heterocycles. The van der Waals surface area contributed by atoms with Gasteiger partial charge in [-0.1, -0.05) is 29.8 Å². The van der Waals surface area contributed by atoms with Crippen molar-refractivity contribution in [2.75, 3.05) is 31.9 Å². The van der Waals surface area contributed by atoms with Crippen LogP contribution in [0.25, 0.3) is 22.3 Å². The normalized spacial score (nSPS) is 17.8. The van der Waals surface area contributed by atoms with Crippen LogP contribution in [0, 0.1) is 5.92 Å². The summed E-state index contributed by atoms with van der Waals surface area (Å²) in [6.45, 7) is 8.55. The quantitative estimate of drug-likeness (QED) is 0.147. The molecule has 0 amide bonds. The molecule has 2 unspecified atom stereocenters. The minimum atomic E-state index is 0.402. The van der Waals surface area contributed by atoms with E-state index in [1.165, 1.54) is 12.0 Å². The number of nitrogens with one attached hydrogen (secondary N) is 2. The van der Waals surface area contributed by atoms with E-state index >= 15 is 0 Å². The molecule has 0 bridgehead atoms. The van der Waals surface area contributed by atoms with Gasteiger partial charge in [0.25, 0.3) is 0 Å². The smallest absolute Gasteiger partial charge is 0.146 e. The van der Waals surface area contributed by atoms with Gasteiger partial charge >= 0.3 is 0 Å². The number of nitrogen functional groups attached to an aromatic ring is 1. The van der Waals surface area contributed by atoms with Crippen LogP contribution in [0.4, 0.5) is 5.82 Å². The molecule has 1 aromatic carbocycles. The summed E-state index contributed by atoms with van der Waals surface area (Å²) in [5.74, 6) is 1.17. The summed E-state index contributed by atoms with van der Waals surface area (Å²) >= 11 is 1.58. The fraction of sp³-hybridized carbons (Fsp3) is 0.433. The first-order valence-electron chi connectivity index (χ1n) is 14.1. The summed E-state index contributed by atoms with van der Waals surface area (Å²) < 4.78 is 4.21. The molecule has 3 heterocycles. The summed E-state index contributed by atoms with van der Waals surface area (Å²) in [7, 11) is 0. The highest BCUT2D eigenvalue weighted by Gasteiger charge is 2.28. The predicted molar refractivity (Wildman–Crippen MR) is 162 cm³/mol. The molecule has 1 aliphatic rings. The Balaban J connectivity index is 1.19. The lowest BCUT2D eigenvalue weighted by Crippen LogP contribution is -2.26. The van der Waals surface area contributed by atoms with Crippen LogP contribution in [-0.2, 0) is 0 Å². The van der Waals surface area contributed by atoms with E-state index in [1.807, 2.05) is 34.5 Å². The summed E-state index contributed by atoms with van der Waals surface area (Å²) in [5.41, 5.74) is 10.6. The SMILES string of the molecule is C/C=C(\C)CCNCCCNCC1CCC(n2cc(-c3ccn(Sc4ccccc4)n3)c3c(N)ncnc32)C1. The van der Waals surface area contributed by atoms with E-state index in [0.29, 0.717) is 17.8 Å². The Morgan fingerprint density at radius 3 is 2.79 bits per heavy atom.